The Labute approximate surface area is 145 Å². The van der Waals surface area contributed by atoms with E-state index in [-0.39, 0.29) is 5.41 Å². The fourth-order valence-corrected chi connectivity index (χ4v) is 2.49. The molecule has 0 atom stereocenters. The largest absolute Gasteiger partial charge is 0.477 e. The lowest BCUT2D eigenvalue weighted by Crippen LogP contribution is -2.14. The van der Waals surface area contributed by atoms with Crippen molar-refractivity contribution in [1.82, 2.24) is 4.90 Å². The van der Waals surface area contributed by atoms with Crippen LogP contribution in [0.2, 0.25) is 0 Å². The van der Waals surface area contributed by atoms with E-state index in [1.54, 1.807) is 0 Å². The predicted octanol–water partition coefficient (Wildman–Crippen LogP) is 4.84. The van der Waals surface area contributed by atoms with E-state index in [0.29, 0.717) is 17.0 Å². The summed E-state index contributed by atoms with van der Waals surface area (Å²) in [6, 6.07) is 1.83. The van der Waals surface area contributed by atoms with E-state index >= 15 is 0 Å². The van der Waals surface area contributed by atoms with Crippen LogP contribution < -0.4 is 0 Å². The van der Waals surface area contributed by atoms with E-state index in [1.165, 1.54) is 17.8 Å². The fraction of sp³-hybridized carbons (Fsp3) is 0.526. The number of hydrogen-bond acceptors (Lipinski definition) is 3. The summed E-state index contributed by atoms with van der Waals surface area (Å²) in [5, 5.41) is 9.30. The maximum Gasteiger partial charge on any atom is 0.346 e. The van der Waals surface area contributed by atoms with Crippen LogP contribution in [0, 0.1) is 17.3 Å². The average Bonchev–Trinajstić information content (AvgIpc) is 2.80. The molecule has 0 spiro atoms. The van der Waals surface area contributed by atoms with E-state index in [9.17, 15) is 9.90 Å². The first-order chi connectivity index (χ1) is 10.5. The third-order valence-corrected chi connectivity index (χ3v) is 3.41. The molecule has 0 fully saturated rings. The molecule has 1 aromatic heterocycles. The van der Waals surface area contributed by atoms with Gasteiger partial charge < -0.3 is 10.0 Å². The second kappa shape index (κ2) is 9.54. The molecule has 0 aliphatic rings. The van der Waals surface area contributed by atoms with Gasteiger partial charge in [0, 0.05) is 17.5 Å². The Balaban J connectivity index is 0.00000149. The SMILES string of the molecule is C=C(CN(C)C)c1cc(C#CC(C)(C)C)sc1C(=O)O.CCC. The summed E-state index contributed by atoms with van der Waals surface area (Å²) >= 11 is 1.21. The van der Waals surface area contributed by atoms with E-state index in [2.05, 4.69) is 32.3 Å². The lowest BCUT2D eigenvalue weighted by atomic mass is 9.98. The van der Waals surface area contributed by atoms with Crippen LogP contribution in [0.15, 0.2) is 12.6 Å². The molecule has 0 aromatic carbocycles. The van der Waals surface area contributed by atoms with E-state index in [1.807, 2.05) is 45.8 Å². The number of aromatic carboxylic acids is 1. The van der Waals surface area contributed by atoms with Crippen molar-refractivity contribution < 1.29 is 9.90 Å². The van der Waals surface area contributed by atoms with Crippen molar-refractivity contribution in [2.45, 2.75) is 41.0 Å². The second-order valence-corrected chi connectivity index (χ2v) is 7.76. The van der Waals surface area contributed by atoms with Crippen molar-refractivity contribution in [3.8, 4) is 11.8 Å². The van der Waals surface area contributed by atoms with Gasteiger partial charge in [0.2, 0.25) is 0 Å². The first-order valence-corrected chi connectivity index (χ1v) is 8.56. The lowest BCUT2D eigenvalue weighted by Gasteiger charge is -2.11. The standard InChI is InChI=1S/C16H21NO2S.C3H8/c1-11(10-17(5)6)13-9-12(7-8-16(2,3)4)20-14(13)15(18)19;1-3-2/h9H,1,10H2,2-6H3,(H,18,19);3H2,1-2H3. The number of carboxylic acid groups (broad SMARTS) is 1. The molecule has 0 saturated carbocycles. The minimum absolute atomic E-state index is 0.103. The smallest absolute Gasteiger partial charge is 0.346 e. The molecule has 0 aliphatic carbocycles. The van der Waals surface area contributed by atoms with E-state index in [4.69, 9.17) is 0 Å². The predicted molar refractivity (Wildman–Crippen MR) is 101 cm³/mol. The maximum absolute atomic E-state index is 11.3. The van der Waals surface area contributed by atoms with Gasteiger partial charge in [-0.2, -0.15) is 0 Å². The fourth-order valence-electron chi connectivity index (χ4n) is 1.59. The summed E-state index contributed by atoms with van der Waals surface area (Å²) in [4.78, 5) is 14.4. The monoisotopic (exact) mass is 335 g/mol. The third-order valence-electron chi connectivity index (χ3n) is 2.38. The number of hydrogen-bond donors (Lipinski definition) is 1. The maximum atomic E-state index is 11.3. The average molecular weight is 336 g/mol. The highest BCUT2D eigenvalue weighted by molar-refractivity contribution is 7.14. The van der Waals surface area contributed by atoms with Crippen LogP contribution in [0.25, 0.3) is 5.57 Å². The van der Waals surface area contributed by atoms with Crippen LogP contribution in [-0.4, -0.2) is 36.6 Å². The molecule has 1 rings (SSSR count). The zero-order chi connectivity index (χ0) is 18.2. The van der Waals surface area contributed by atoms with Gasteiger partial charge in [0.1, 0.15) is 4.88 Å². The van der Waals surface area contributed by atoms with Crippen molar-refractivity contribution in [2.24, 2.45) is 5.41 Å². The molecule has 3 nitrogen and oxygen atoms in total. The Bertz CT molecular complexity index is 595. The molecular formula is C19H29NO2S. The highest BCUT2D eigenvalue weighted by Gasteiger charge is 2.17. The molecule has 1 heterocycles. The first kappa shape index (κ1) is 21.4. The van der Waals surface area contributed by atoms with E-state index in [0.717, 1.165) is 10.5 Å². The van der Waals surface area contributed by atoms with E-state index < -0.39 is 5.97 Å². The number of thiophene rings is 1. The number of carboxylic acids is 1. The molecule has 0 amide bonds. The second-order valence-electron chi connectivity index (χ2n) is 6.71. The van der Waals surface area contributed by atoms with Gasteiger partial charge >= 0.3 is 5.97 Å². The van der Waals surface area contributed by atoms with Crippen molar-refractivity contribution >= 4 is 22.9 Å². The Kier molecular flexibility index (Phi) is 8.89. The Morgan fingerprint density at radius 3 is 2.26 bits per heavy atom. The molecular weight excluding hydrogens is 306 g/mol. The number of nitrogens with zero attached hydrogens (tertiary/aromatic N) is 1. The van der Waals surface area contributed by atoms with Crippen LogP contribution in [0.4, 0.5) is 0 Å². The highest BCUT2D eigenvalue weighted by Crippen LogP contribution is 2.28. The van der Waals surface area contributed by atoms with Crippen LogP contribution in [0.1, 0.15) is 61.2 Å². The summed E-state index contributed by atoms with van der Waals surface area (Å²) < 4.78 is 0. The summed E-state index contributed by atoms with van der Waals surface area (Å²) in [5.74, 6) is 5.26. The normalized spacial score (nSPS) is 10.4. The summed E-state index contributed by atoms with van der Waals surface area (Å²) in [5.41, 5.74) is 1.38. The minimum atomic E-state index is -0.922. The number of likely N-dealkylation sites (N-methyl/N-ethyl adjacent to an activating group) is 1. The molecule has 0 aliphatic heterocycles. The zero-order valence-electron chi connectivity index (χ0n) is 15.4. The topological polar surface area (TPSA) is 40.5 Å². The number of rotatable bonds is 4. The zero-order valence-corrected chi connectivity index (χ0v) is 16.2. The van der Waals surface area contributed by atoms with Crippen LogP contribution in [0.5, 0.6) is 0 Å². The van der Waals surface area contributed by atoms with Gasteiger partial charge in [-0.3, -0.25) is 0 Å². The van der Waals surface area contributed by atoms with Crippen molar-refractivity contribution in [1.29, 1.82) is 0 Å². The van der Waals surface area contributed by atoms with Gasteiger partial charge in [-0.05, 0) is 46.5 Å². The van der Waals surface area contributed by atoms with Gasteiger partial charge in [0.25, 0.3) is 0 Å². The quantitative estimate of drug-likeness (QED) is 0.801. The molecule has 128 valence electrons. The van der Waals surface area contributed by atoms with Gasteiger partial charge in [0.15, 0.2) is 0 Å². The summed E-state index contributed by atoms with van der Waals surface area (Å²) in [6.07, 6.45) is 1.25. The molecule has 1 aromatic rings. The molecule has 0 saturated heterocycles. The van der Waals surface area contributed by atoms with Crippen molar-refractivity contribution in [3.63, 3.8) is 0 Å². The lowest BCUT2D eigenvalue weighted by molar-refractivity contribution is 0.0702. The Hall–Kier alpha value is -1.57. The summed E-state index contributed by atoms with van der Waals surface area (Å²) in [6.45, 7) is 14.9. The first-order valence-electron chi connectivity index (χ1n) is 7.75. The van der Waals surface area contributed by atoms with Gasteiger partial charge in [0.05, 0.1) is 4.88 Å². The third kappa shape index (κ3) is 8.59. The highest BCUT2D eigenvalue weighted by atomic mass is 32.1. The molecule has 0 radical (unpaired) electrons. The number of carbonyl (C=O) groups is 1. The van der Waals surface area contributed by atoms with Crippen molar-refractivity contribution in [3.05, 3.63) is 28.0 Å². The molecule has 0 bridgehead atoms. The molecule has 1 N–H and O–H groups in total. The van der Waals surface area contributed by atoms with Crippen LogP contribution >= 0.6 is 11.3 Å². The van der Waals surface area contributed by atoms with Gasteiger partial charge in [-0.15, -0.1) is 11.3 Å². The minimum Gasteiger partial charge on any atom is -0.477 e. The van der Waals surface area contributed by atoms with Gasteiger partial charge in [-0.1, -0.05) is 38.7 Å². The van der Waals surface area contributed by atoms with Crippen LogP contribution in [-0.2, 0) is 0 Å². The molecule has 0 unspecified atom stereocenters. The summed E-state index contributed by atoms with van der Waals surface area (Å²) in [7, 11) is 3.86. The van der Waals surface area contributed by atoms with Crippen molar-refractivity contribution in [2.75, 3.05) is 20.6 Å². The Morgan fingerprint density at radius 2 is 1.87 bits per heavy atom. The Morgan fingerprint density at radius 1 is 1.35 bits per heavy atom. The van der Waals surface area contributed by atoms with Gasteiger partial charge in [-0.25, -0.2) is 4.79 Å². The molecule has 23 heavy (non-hydrogen) atoms. The van der Waals surface area contributed by atoms with Crippen LogP contribution in [0.3, 0.4) is 0 Å². The molecule has 4 heteroatoms.